The predicted molar refractivity (Wildman–Crippen MR) is 82.1 cm³/mol. The van der Waals surface area contributed by atoms with Gasteiger partial charge in [0.1, 0.15) is 10.1 Å². The lowest BCUT2D eigenvalue weighted by Gasteiger charge is -2.07. The van der Waals surface area contributed by atoms with Crippen molar-refractivity contribution in [3.05, 3.63) is 58.1 Å². The minimum Gasteiger partial charge on any atom is -0.744 e. The van der Waals surface area contributed by atoms with E-state index in [0.717, 1.165) is 0 Å². The third-order valence-corrected chi connectivity index (χ3v) is 3.91. The van der Waals surface area contributed by atoms with Gasteiger partial charge in [0.05, 0.1) is 21.8 Å². The lowest BCUT2D eigenvalue weighted by atomic mass is 10.2. The van der Waals surface area contributed by atoms with Crippen LogP contribution in [0.4, 0.5) is 5.69 Å². The molecule has 8 heteroatoms. The van der Waals surface area contributed by atoms with Crippen LogP contribution in [0.1, 0.15) is 5.56 Å². The van der Waals surface area contributed by atoms with Crippen molar-refractivity contribution in [2.45, 2.75) is 4.90 Å². The van der Waals surface area contributed by atoms with Gasteiger partial charge in [-0.05, 0) is 36.4 Å². The van der Waals surface area contributed by atoms with E-state index in [1.807, 2.05) is 0 Å². The summed E-state index contributed by atoms with van der Waals surface area (Å²) in [6, 6.07) is 10.3. The van der Waals surface area contributed by atoms with Crippen LogP contribution in [0.25, 0.3) is 0 Å². The molecule has 2 aromatic rings. The lowest BCUT2D eigenvalue weighted by molar-refractivity contribution is 0.463. The van der Waals surface area contributed by atoms with Crippen molar-refractivity contribution in [2.24, 2.45) is 5.10 Å². The molecular formula is C13H9Cl2N2O3S-. The van der Waals surface area contributed by atoms with Crippen LogP contribution in [-0.2, 0) is 10.1 Å². The van der Waals surface area contributed by atoms with Gasteiger partial charge in [0.15, 0.2) is 0 Å². The molecule has 0 unspecified atom stereocenters. The van der Waals surface area contributed by atoms with E-state index >= 15 is 0 Å². The fourth-order valence-corrected chi connectivity index (χ4v) is 2.41. The fraction of sp³-hybridized carbons (Fsp3) is 0. The normalized spacial score (nSPS) is 11.8. The van der Waals surface area contributed by atoms with Gasteiger partial charge in [0.2, 0.25) is 0 Å². The van der Waals surface area contributed by atoms with E-state index in [9.17, 15) is 13.0 Å². The molecule has 0 fully saturated rings. The maximum absolute atomic E-state index is 10.8. The number of hydrogen-bond donors (Lipinski definition) is 1. The van der Waals surface area contributed by atoms with Crippen LogP contribution in [0.3, 0.4) is 0 Å². The van der Waals surface area contributed by atoms with Crippen molar-refractivity contribution in [3.63, 3.8) is 0 Å². The van der Waals surface area contributed by atoms with Crippen molar-refractivity contribution in [3.8, 4) is 0 Å². The molecule has 2 aromatic carbocycles. The number of rotatable bonds is 4. The molecule has 0 amide bonds. The summed E-state index contributed by atoms with van der Waals surface area (Å²) in [5.74, 6) is 0. The molecule has 0 spiro atoms. The molecule has 0 heterocycles. The highest BCUT2D eigenvalue weighted by Crippen LogP contribution is 2.19. The summed E-state index contributed by atoms with van der Waals surface area (Å²) < 4.78 is 32.3. The van der Waals surface area contributed by atoms with Crippen molar-refractivity contribution < 1.29 is 13.0 Å². The van der Waals surface area contributed by atoms with Crippen LogP contribution in [0.15, 0.2) is 52.5 Å². The number of nitrogens with zero attached hydrogens (tertiary/aromatic N) is 1. The topological polar surface area (TPSA) is 81.6 Å². The SMILES string of the molecule is O=S(=O)([O-])c1ccc(NN=Cc2ccc(Cl)cc2Cl)cc1. The summed E-state index contributed by atoms with van der Waals surface area (Å²) >= 11 is 11.8. The Balaban J connectivity index is 2.07. The van der Waals surface area contributed by atoms with Crippen molar-refractivity contribution in [2.75, 3.05) is 5.43 Å². The molecule has 0 aliphatic rings. The third-order valence-electron chi connectivity index (χ3n) is 2.50. The van der Waals surface area contributed by atoms with E-state index in [0.29, 0.717) is 21.3 Å². The third kappa shape index (κ3) is 4.44. The summed E-state index contributed by atoms with van der Waals surface area (Å²) in [5, 5.41) is 4.95. The summed E-state index contributed by atoms with van der Waals surface area (Å²) in [7, 11) is -4.44. The van der Waals surface area contributed by atoms with Gasteiger partial charge in [-0.3, -0.25) is 5.43 Å². The highest BCUT2D eigenvalue weighted by atomic mass is 35.5. The van der Waals surface area contributed by atoms with Crippen LogP contribution in [-0.4, -0.2) is 19.2 Å². The Hall–Kier alpha value is -1.60. The molecule has 0 aliphatic carbocycles. The molecule has 21 heavy (non-hydrogen) atoms. The smallest absolute Gasteiger partial charge is 0.124 e. The fourth-order valence-electron chi connectivity index (χ4n) is 1.48. The molecule has 1 N–H and O–H groups in total. The van der Waals surface area contributed by atoms with Crippen molar-refractivity contribution in [1.29, 1.82) is 0 Å². The first kappa shape index (κ1) is 15.8. The largest absolute Gasteiger partial charge is 0.744 e. The standard InChI is InChI=1S/C13H10Cl2N2O3S/c14-10-2-1-9(13(15)7-10)8-16-17-11-3-5-12(6-4-11)21(18,19)20/h1-8,17H,(H,18,19,20)/p-1. The zero-order chi connectivity index (χ0) is 15.5. The summed E-state index contributed by atoms with van der Waals surface area (Å²) in [4.78, 5) is -0.294. The van der Waals surface area contributed by atoms with Crippen LogP contribution in [0, 0.1) is 0 Å². The number of nitrogens with one attached hydrogen (secondary N) is 1. The van der Waals surface area contributed by atoms with E-state index in [4.69, 9.17) is 23.2 Å². The Morgan fingerprint density at radius 1 is 1.10 bits per heavy atom. The summed E-state index contributed by atoms with van der Waals surface area (Å²) in [6.45, 7) is 0. The van der Waals surface area contributed by atoms with Gasteiger partial charge in [-0.2, -0.15) is 5.10 Å². The quantitative estimate of drug-likeness (QED) is 0.524. The zero-order valence-corrected chi connectivity index (χ0v) is 12.8. The molecule has 0 aromatic heterocycles. The van der Waals surface area contributed by atoms with Gasteiger partial charge in [-0.25, -0.2) is 8.42 Å². The number of anilines is 1. The maximum Gasteiger partial charge on any atom is 0.124 e. The number of halogens is 2. The second-order valence-electron chi connectivity index (χ2n) is 4.01. The van der Waals surface area contributed by atoms with Crippen LogP contribution in [0.2, 0.25) is 10.0 Å². The average molecular weight is 344 g/mol. The van der Waals surface area contributed by atoms with E-state index in [1.54, 1.807) is 18.2 Å². The second-order valence-corrected chi connectivity index (χ2v) is 6.24. The van der Waals surface area contributed by atoms with Crippen LogP contribution in [0.5, 0.6) is 0 Å². The number of hydrogen-bond acceptors (Lipinski definition) is 5. The summed E-state index contributed by atoms with van der Waals surface area (Å²) in [5.41, 5.74) is 3.90. The van der Waals surface area contributed by atoms with Gasteiger partial charge in [0, 0.05) is 10.6 Å². The Labute approximate surface area is 132 Å². The lowest BCUT2D eigenvalue weighted by Crippen LogP contribution is -1.98. The Morgan fingerprint density at radius 3 is 2.33 bits per heavy atom. The van der Waals surface area contributed by atoms with Gasteiger partial charge in [-0.1, -0.05) is 29.3 Å². The first-order chi connectivity index (χ1) is 9.86. The van der Waals surface area contributed by atoms with E-state index < -0.39 is 10.1 Å². The Morgan fingerprint density at radius 2 is 1.76 bits per heavy atom. The molecule has 110 valence electrons. The summed E-state index contributed by atoms with van der Waals surface area (Å²) in [6.07, 6.45) is 1.50. The molecule has 0 radical (unpaired) electrons. The zero-order valence-electron chi connectivity index (χ0n) is 10.5. The highest BCUT2D eigenvalue weighted by molar-refractivity contribution is 7.85. The first-order valence-corrected chi connectivity index (χ1v) is 7.83. The van der Waals surface area contributed by atoms with E-state index in [1.165, 1.54) is 30.5 Å². The van der Waals surface area contributed by atoms with Gasteiger partial charge < -0.3 is 4.55 Å². The molecule has 0 atom stereocenters. The van der Waals surface area contributed by atoms with Gasteiger partial charge in [0.25, 0.3) is 0 Å². The molecule has 0 saturated carbocycles. The maximum atomic E-state index is 10.8. The predicted octanol–water partition coefficient (Wildman–Crippen LogP) is 3.34. The molecule has 2 rings (SSSR count). The average Bonchev–Trinajstić information content (AvgIpc) is 2.41. The Bertz CT molecular complexity index is 775. The minimum absolute atomic E-state index is 0.294. The minimum atomic E-state index is -4.44. The molecule has 0 aliphatic heterocycles. The van der Waals surface area contributed by atoms with E-state index in [-0.39, 0.29) is 4.90 Å². The number of benzene rings is 2. The highest BCUT2D eigenvalue weighted by Gasteiger charge is 2.00. The molecule has 0 bridgehead atoms. The monoisotopic (exact) mass is 343 g/mol. The molecule has 5 nitrogen and oxygen atoms in total. The van der Waals surface area contributed by atoms with Gasteiger partial charge >= 0.3 is 0 Å². The number of hydrazone groups is 1. The van der Waals surface area contributed by atoms with Crippen LogP contribution < -0.4 is 5.43 Å². The molecular weight excluding hydrogens is 335 g/mol. The molecule has 0 saturated heterocycles. The first-order valence-electron chi connectivity index (χ1n) is 5.66. The second kappa shape index (κ2) is 6.44. The van der Waals surface area contributed by atoms with Gasteiger partial charge in [-0.15, -0.1) is 0 Å². The van der Waals surface area contributed by atoms with Crippen LogP contribution >= 0.6 is 23.2 Å². The Kier molecular flexibility index (Phi) is 4.84. The van der Waals surface area contributed by atoms with E-state index in [2.05, 4.69) is 10.5 Å². The van der Waals surface area contributed by atoms with Crippen molar-refractivity contribution >= 4 is 45.2 Å². The van der Waals surface area contributed by atoms with Crippen molar-refractivity contribution in [1.82, 2.24) is 0 Å².